The molecule has 0 bridgehead atoms. The Labute approximate surface area is 200 Å². The summed E-state index contributed by atoms with van der Waals surface area (Å²) < 4.78 is 46.1. The van der Waals surface area contributed by atoms with E-state index in [0.717, 1.165) is 48.8 Å². The molecule has 0 radical (unpaired) electrons. The summed E-state index contributed by atoms with van der Waals surface area (Å²) in [5, 5.41) is 10.1. The van der Waals surface area contributed by atoms with Crippen LogP contribution in [0.15, 0.2) is 30.3 Å². The fourth-order valence-corrected chi connectivity index (χ4v) is 6.19. The first kappa shape index (κ1) is 23.3. The highest BCUT2D eigenvalue weighted by Gasteiger charge is 2.45. The summed E-state index contributed by atoms with van der Waals surface area (Å²) in [5.41, 5.74) is 1.47. The molecule has 2 aromatic carbocycles. The van der Waals surface area contributed by atoms with Crippen LogP contribution in [0.4, 0.5) is 15.8 Å². The quantitative estimate of drug-likeness (QED) is 0.588. The predicted octanol–water partition coefficient (Wildman–Crippen LogP) is 4.23. The Morgan fingerprint density at radius 1 is 1.32 bits per heavy atom. The van der Waals surface area contributed by atoms with E-state index in [1.54, 1.807) is 6.07 Å². The van der Waals surface area contributed by atoms with Crippen LogP contribution in [0.25, 0.3) is 0 Å². The lowest BCUT2D eigenvalue weighted by molar-refractivity contribution is 0.0692. The average Bonchev–Trinajstić information content (AvgIpc) is 3.60. The van der Waals surface area contributed by atoms with Gasteiger partial charge in [0.15, 0.2) is 0 Å². The normalized spacial score (nSPS) is 24.5. The fraction of sp³-hybridized carbons (Fsp3) is 0.480. The summed E-state index contributed by atoms with van der Waals surface area (Å²) in [6.07, 6.45) is 3.46. The first-order valence-corrected chi connectivity index (χ1v) is 12.8. The Morgan fingerprint density at radius 2 is 2.12 bits per heavy atom. The topological polar surface area (TPSA) is 93.1 Å². The molecule has 2 fully saturated rings. The van der Waals surface area contributed by atoms with Crippen LogP contribution >= 0.6 is 0 Å². The van der Waals surface area contributed by atoms with Crippen molar-refractivity contribution < 1.29 is 27.8 Å². The van der Waals surface area contributed by atoms with Crippen molar-refractivity contribution in [2.75, 3.05) is 30.5 Å². The SMILES string of the molecule is CCN1CCCC(Cc2cc(F)ccc2N(c2ccc3c(c2C(=O)O)OC[C@@H]2C[C@H]32)S(=O)[O-])C1. The Hall–Kier alpha value is -2.49. The second kappa shape index (κ2) is 9.28. The smallest absolute Gasteiger partial charge is 0.341 e. The Kier molecular flexibility index (Phi) is 6.35. The number of carboxylic acid groups (broad SMARTS) is 1. The first-order chi connectivity index (χ1) is 16.4. The number of anilines is 2. The molecule has 4 atom stereocenters. The molecule has 7 nitrogen and oxygen atoms in total. The van der Waals surface area contributed by atoms with E-state index in [1.807, 2.05) is 0 Å². The number of fused-ring (bicyclic) bond motifs is 3. The second-order valence-corrected chi connectivity index (χ2v) is 10.3. The average molecular weight is 488 g/mol. The molecule has 34 heavy (non-hydrogen) atoms. The maximum Gasteiger partial charge on any atom is 0.341 e. The number of likely N-dealkylation sites (tertiary alicyclic amines) is 1. The number of carbonyl (C=O) groups is 1. The van der Waals surface area contributed by atoms with Gasteiger partial charge in [-0.2, -0.15) is 0 Å². The third kappa shape index (κ3) is 4.32. The molecule has 0 spiro atoms. The highest BCUT2D eigenvalue weighted by Crippen LogP contribution is 2.56. The molecule has 3 aliphatic rings. The summed E-state index contributed by atoms with van der Waals surface area (Å²) in [6.45, 7) is 5.36. The third-order valence-corrected chi connectivity index (χ3v) is 8.02. The number of halogens is 1. The van der Waals surface area contributed by atoms with E-state index in [9.17, 15) is 23.1 Å². The van der Waals surface area contributed by atoms with Crippen molar-refractivity contribution >= 4 is 28.6 Å². The summed E-state index contributed by atoms with van der Waals surface area (Å²) >= 11 is -2.83. The number of carboxylic acids is 1. The van der Waals surface area contributed by atoms with Crippen molar-refractivity contribution in [2.24, 2.45) is 11.8 Å². The van der Waals surface area contributed by atoms with E-state index in [-0.39, 0.29) is 34.5 Å². The Balaban J connectivity index is 1.57. The summed E-state index contributed by atoms with van der Waals surface area (Å²) in [4.78, 5) is 14.7. The molecule has 2 aromatic rings. The van der Waals surface area contributed by atoms with Gasteiger partial charge in [0.2, 0.25) is 0 Å². The maximum absolute atomic E-state index is 14.3. The molecule has 0 aromatic heterocycles. The van der Waals surface area contributed by atoms with Gasteiger partial charge < -0.3 is 19.3 Å². The molecule has 2 aliphatic heterocycles. The zero-order valence-electron chi connectivity index (χ0n) is 19.0. The fourth-order valence-electron chi connectivity index (χ4n) is 5.54. The van der Waals surface area contributed by atoms with E-state index < -0.39 is 23.1 Å². The van der Waals surface area contributed by atoms with Gasteiger partial charge in [-0.25, -0.2) is 9.18 Å². The number of hydrogen-bond acceptors (Lipinski definition) is 5. The molecular weight excluding hydrogens is 459 g/mol. The van der Waals surface area contributed by atoms with Crippen LogP contribution in [-0.2, 0) is 17.7 Å². The van der Waals surface area contributed by atoms with Crippen LogP contribution in [0.1, 0.15) is 53.6 Å². The van der Waals surface area contributed by atoms with Gasteiger partial charge >= 0.3 is 5.97 Å². The monoisotopic (exact) mass is 487 g/mol. The molecular formula is C25H28FN2O5S-. The molecule has 1 saturated carbocycles. The molecule has 2 heterocycles. The van der Waals surface area contributed by atoms with Crippen molar-refractivity contribution in [2.45, 2.75) is 38.5 Å². The standard InChI is InChI=1S/C25H29FN2O5S/c1-2-27-9-3-4-15(13-27)10-16-11-18(26)5-7-21(16)28(34(31)32)22-8-6-19-20-12-17(20)14-33-24(19)23(22)25(29)30/h5-8,11,15,17,20H,2-4,9-10,12-14H2,1H3,(H,29,30)(H,31,32)/p-1/t15?,17-,20-/m0/s1. The van der Waals surface area contributed by atoms with Crippen molar-refractivity contribution in [3.63, 3.8) is 0 Å². The summed E-state index contributed by atoms with van der Waals surface area (Å²) in [7, 11) is 0. The number of ether oxygens (including phenoxy) is 1. The van der Waals surface area contributed by atoms with Gasteiger partial charge in [-0.1, -0.05) is 13.0 Å². The van der Waals surface area contributed by atoms with Crippen LogP contribution in [0.3, 0.4) is 0 Å². The molecule has 1 aliphatic carbocycles. The number of hydrogen-bond donors (Lipinski definition) is 1. The van der Waals surface area contributed by atoms with Gasteiger partial charge in [0.25, 0.3) is 0 Å². The highest BCUT2D eigenvalue weighted by molar-refractivity contribution is 7.81. The molecule has 182 valence electrons. The minimum atomic E-state index is -2.83. The summed E-state index contributed by atoms with van der Waals surface area (Å²) in [6, 6.07) is 7.30. The molecule has 9 heteroatoms. The van der Waals surface area contributed by atoms with Gasteiger partial charge in [-0.05, 0) is 86.0 Å². The van der Waals surface area contributed by atoms with Crippen molar-refractivity contribution in [1.29, 1.82) is 0 Å². The van der Waals surface area contributed by atoms with Crippen LogP contribution < -0.4 is 9.04 Å². The van der Waals surface area contributed by atoms with E-state index in [4.69, 9.17) is 4.74 Å². The molecule has 0 amide bonds. The van der Waals surface area contributed by atoms with Crippen LogP contribution in [-0.4, -0.2) is 51.0 Å². The van der Waals surface area contributed by atoms with Crippen LogP contribution in [0.2, 0.25) is 0 Å². The van der Waals surface area contributed by atoms with Gasteiger partial charge in [-0.3, -0.25) is 8.51 Å². The maximum atomic E-state index is 14.3. The second-order valence-electron chi connectivity index (χ2n) is 9.49. The van der Waals surface area contributed by atoms with E-state index >= 15 is 0 Å². The van der Waals surface area contributed by atoms with E-state index in [0.29, 0.717) is 24.5 Å². The first-order valence-electron chi connectivity index (χ1n) is 11.8. The van der Waals surface area contributed by atoms with Gasteiger partial charge in [0.1, 0.15) is 17.1 Å². The zero-order chi connectivity index (χ0) is 24.0. The minimum Gasteiger partial charge on any atom is -0.755 e. The Morgan fingerprint density at radius 3 is 2.85 bits per heavy atom. The lowest BCUT2D eigenvalue weighted by atomic mass is 9.90. The predicted molar refractivity (Wildman–Crippen MR) is 126 cm³/mol. The van der Waals surface area contributed by atoms with Crippen molar-refractivity contribution in [3.05, 3.63) is 52.8 Å². The number of nitrogens with zero attached hydrogens (tertiary/aromatic N) is 2. The highest BCUT2D eigenvalue weighted by atomic mass is 32.2. The number of aromatic carboxylic acids is 1. The van der Waals surface area contributed by atoms with Crippen LogP contribution in [0.5, 0.6) is 5.75 Å². The molecule has 5 rings (SSSR count). The number of piperidine rings is 1. The molecule has 2 unspecified atom stereocenters. The lowest BCUT2D eigenvalue weighted by Crippen LogP contribution is -2.36. The van der Waals surface area contributed by atoms with Crippen molar-refractivity contribution in [1.82, 2.24) is 4.90 Å². The van der Waals surface area contributed by atoms with Crippen molar-refractivity contribution in [3.8, 4) is 5.75 Å². The van der Waals surface area contributed by atoms with E-state index in [2.05, 4.69) is 11.8 Å². The van der Waals surface area contributed by atoms with Crippen LogP contribution in [0, 0.1) is 17.7 Å². The lowest BCUT2D eigenvalue weighted by Gasteiger charge is -2.34. The molecule has 1 saturated heterocycles. The minimum absolute atomic E-state index is 0.00497. The molecule has 1 N–H and O–H groups in total. The van der Waals surface area contributed by atoms with Gasteiger partial charge in [0.05, 0.1) is 29.2 Å². The summed E-state index contributed by atoms with van der Waals surface area (Å²) in [5.74, 6) is -0.549. The zero-order valence-corrected chi connectivity index (χ0v) is 19.9. The largest absolute Gasteiger partial charge is 0.755 e. The Bertz CT molecular complexity index is 1140. The van der Waals surface area contributed by atoms with E-state index in [1.165, 1.54) is 24.3 Å². The van der Waals surface area contributed by atoms with Gasteiger partial charge in [0, 0.05) is 12.5 Å². The number of benzene rings is 2. The van der Waals surface area contributed by atoms with Gasteiger partial charge in [-0.15, -0.1) is 0 Å². The third-order valence-electron chi connectivity index (χ3n) is 7.33. The number of rotatable bonds is 7.